The van der Waals surface area contributed by atoms with Crippen LogP contribution in [0.15, 0.2) is 33.7 Å². The van der Waals surface area contributed by atoms with E-state index >= 15 is 0 Å². The molecule has 0 aliphatic carbocycles. The van der Waals surface area contributed by atoms with Crippen molar-refractivity contribution in [1.82, 2.24) is 0 Å². The molecule has 0 saturated carbocycles. The van der Waals surface area contributed by atoms with Crippen molar-refractivity contribution >= 4 is 37.5 Å². The quantitative estimate of drug-likeness (QED) is 0.819. The van der Waals surface area contributed by atoms with Crippen molar-refractivity contribution in [2.75, 3.05) is 11.9 Å². The summed E-state index contributed by atoms with van der Waals surface area (Å²) in [6, 6.07) is 3.98. The third-order valence-electron chi connectivity index (χ3n) is 1.76. The molecule has 0 heterocycles. The molecule has 6 heteroatoms. The van der Waals surface area contributed by atoms with E-state index in [0.717, 1.165) is 6.07 Å². The summed E-state index contributed by atoms with van der Waals surface area (Å²) in [6.45, 7) is 3.96. The molecular formula is C10H8Br2F3N. The average Bonchev–Trinajstić information content (AvgIpc) is 2.14. The van der Waals surface area contributed by atoms with Crippen LogP contribution in [0.25, 0.3) is 0 Å². The molecule has 88 valence electrons. The summed E-state index contributed by atoms with van der Waals surface area (Å²) in [5.41, 5.74) is -0.297. The van der Waals surface area contributed by atoms with Crippen LogP contribution >= 0.6 is 31.9 Å². The first-order valence-electron chi connectivity index (χ1n) is 4.24. The van der Waals surface area contributed by atoms with Crippen LogP contribution in [0, 0.1) is 0 Å². The highest BCUT2D eigenvalue weighted by Gasteiger charge is 2.33. The second-order valence-electron chi connectivity index (χ2n) is 3.06. The second kappa shape index (κ2) is 5.23. The number of halogens is 5. The highest BCUT2D eigenvalue weighted by Crippen LogP contribution is 2.36. The summed E-state index contributed by atoms with van der Waals surface area (Å²) in [5, 5.41) is 2.82. The third-order valence-corrected chi connectivity index (χ3v) is 2.73. The van der Waals surface area contributed by atoms with E-state index in [4.69, 9.17) is 0 Å². The molecule has 0 aliphatic rings. The molecular weight excluding hydrogens is 351 g/mol. The largest absolute Gasteiger partial charge is 0.417 e. The Morgan fingerprint density at radius 3 is 2.50 bits per heavy atom. The molecule has 16 heavy (non-hydrogen) atoms. The SMILES string of the molecule is C=C(Br)CNc1ccc(Br)c(C(F)(F)F)c1. The topological polar surface area (TPSA) is 12.0 Å². The first kappa shape index (κ1) is 13.6. The zero-order chi connectivity index (χ0) is 12.3. The van der Waals surface area contributed by atoms with Gasteiger partial charge < -0.3 is 5.32 Å². The molecule has 1 aromatic rings. The van der Waals surface area contributed by atoms with Gasteiger partial charge in [-0.2, -0.15) is 13.2 Å². The summed E-state index contributed by atoms with van der Waals surface area (Å²) in [5.74, 6) is 0. The minimum atomic E-state index is -4.36. The van der Waals surface area contributed by atoms with Gasteiger partial charge in [-0.05, 0) is 18.2 Å². The highest BCUT2D eigenvalue weighted by molar-refractivity contribution is 9.11. The maximum atomic E-state index is 12.5. The van der Waals surface area contributed by atoms with Gasteiger partial charge >= 0.3 is 6.18 Å². The van der Waals surface area contributed by atoms with Crippen LogP contribution in [0.4, 0.5) is 18.9 Å². The van der Waals surface area contributed by atoms with Gasteiger partial charge in [0.05, 0.1) is 5.56 Å². The van der Waals surface area contributed by atoms with Gasteiger partial charge in [0.15, 0.2) is 0 Å². The van der Waals surface area contributed by atoms with Crippen molar-refractivity contribution in [2.24, 2.45) is 0 Å². The van der Waals surface area contributed by atoms with Crippen LogP contribution < -0.4 is 5.32 Å². The molecule has 1 nitrogen and oxygen atoms in total. The number of hydrogen-bond donors (Lipinski definition) is 1. The maximum Gasteiger partial charge on any atom is 0.417 e. The predicted octanol–water partition coefficient (Wildman–Crippen LogP) is 4.79. The molecule has 1 aromatic carbocycles. The van der Waals surface area contributed by atoms with Crippen LogP contribution in [0.2, 0.25) is 0 Å². The van der Waals surface area contributed by atoms with E-state index in [0.29, 0.717) is 16.7 Å². The summed E-state index contributed by atoms with van der Waals surface area (Å²) in [4.78, 5) is 0. The van der Waals surface area contributed by atoms with Gasteiger partial charge in [-0.3, -0.25) is 0 Å². The summed E-state index contributed by atoms with van der Waals surface area (Å²) in [7, 11) is 0. The summed E-state index contributed by atoms with van der Waals surface area (Å²) < 4.78 is 38.3. The van der Waals surface area contributed by atoms with Crippen molar-refractivity contribution in [3.8, 4) is 0 Å². The van der Waals surface area contributed by atoms with E-state index in [2.05, 4.69) is 43.8 Å². The Labute approximate surface area is 108 Å². The standard InChI is InChI=1S/C10H8Br2F3N/c1-6(11)5-16-7-2-3-9(12)8(4-7)10(13,14)15/h2-4,16H,1,5H2. The number of anilines is 1. The molecule has 0 amide bonds. The lowest BCUT2D eigenvalue weighted by molar-refractivity contribution is -0.138. The van der Waals surface area contributed by atoms with Crippen molar-refractivity contribution < 1.29 is 13.2 Å². The second-order valence-corrected chi connectivity index (χ2v) is 5.04. The van der Waals surface area contributed by atoms with Crippen molar-refractivity contribution in [1.29, 1.82) is 0 Å². The minimum Gasteiger partial charge on any atom is -0.380 e. The fourth-order valence-corrected chi connectivity index (χ4v) is 1.66. The number of hydrogen-bond acceptors (Lipinski definition) is 1. The van der Waals surface area contributed by atoms with Crippen molar-refractivity contribution in [2.45, 2.75) is 6.18 Å². The normalized spacial score (nSPS) is 11.3. The lowest BCUT2D eigenvalue weighted by Gasteiger charge is -2.12. The van der Waals surface area contributed by atoms with Gasteiger partial charge in [-0.15, -0.1) is 0 Å². The number of rotatable bonds is 3. The Balaban J connectivity index is 2.94. The molecule has 0 bridgehead atoms. The zero-order valence-electron chi connectivity index (χ0n) is 8.04. The van der Waals surface area contributed by atoms with Gasteiger partial charge in [-0.1, -0.05) is 38.4 Å². The smallest absolute Gasteiger partial charge is 0.380 e. The molecule has 0 fully saturated rings. The Hall–Kier alpha value is -0.490. The molecule has 0 aliphatic heterocycles. The average molecular weight is 359 g/mol. The molecule has 0 radical (unpaired) electrons. The van der Waals surface area contributed by atoms with E-state index in [-0.39, 0.29) is 4.47 Å². The molecule has 0 atom stereocenters. The Morgan fingerprint density at radius 2 is 2.00 bits per heavy atom. The number of alkyl halides is 3. The van der Waals surface area contributed by atoms with Gasteiger partial charge in [0.2, 0.25) is 0 Å². The molecule has 0 aromatic heterocycles. The highest BCUT2D eigenvalue weighted by atomic mass is 79.9. The van der Waals surface area contributed by atoms with E-state index < -0.39 is 11.7 Å². The Bertz CT molecular complexity index is 402. The third kappa shape index (κ3) is 3.83. The Morgan fingerprint density at radius 1 is 1.38 bits per heavy atom. The van der Waals surface area contributed by atoms with Crippen LogP contribution in [-0.4, -0.2) is 6.54 Å². The van der Waals surface area contributed by atoms with Gasteiger partial charge in [0.1, 0.15) is 0 Å². The molecule has 1 rings (SSSR count). The summed E-state index contributed by atoms with van der Waals surface area (Å²) in [6.07, 6.45) is -4.36. The van der Waals surface area contributed by atoms with E-state index in [1.165, 1.54) is 6.07 Å². The molecule has 0 unspecified atom stereocenters. The van der Waals surface area contributed by atoms with E-state index in [9.17, 15) is 13.2 Å². The van der Waals surface area contributed by atoms with Crippen LogP contribution in [0.5, 0.6) is 0 Å². The zero-order valence-corrected chi connectivity index (χ0v) is 11.2. The number of nitrogens with one attached hydrogen (secondary N) is 1. The van der Waals surface area contributed by atoms with Crippen molar-refractivity contribution in [3.63, 3.8) is 0 Å². The van der Waals surface area contributed by atoms with E-state index in [1.54, 1.807) is 6.07 Å². The minimum absolute atomic E-state index is 0.0308. The molecule has 1 N–H and O–H groups in total. The van der Waals surface area contributed by atoms with Crippen LogP contribution in [0.1, 0.15) is 5.56 Å². The van der Waals surface area contributed by atoms with Gasteiger partial charge in [0, 0.05) is 21.2 Å². The van der Waals surface area contributed by atoms with Gasteiger partial charge in [0.25, 0.3) is 0 Å². The molecule has 0 saturated heterocycles. The predicted molar refractivity (Wildman–Crippen MR) is 65.7 cm³/mol. The lowest BCUT2D eigenvalue weighted by atomic mass is 10.2. The first-order chi connectivity index (χ1) is 7.30. The number of benzene rings is 1. The summed E-state index contributed by atoms with van der Waals surface area (Å²) >= 11 is 5.99. The monoisotopic (exact) mass is 357 g/mol. The first-order valence-corrected chi connectivity index (χ1v) is 5.83. The fraction of sp³-hybridized carbons (Fsp3) is 0.200. The van der Waals surface area contributed by atoms with Gasteiger partial charge in [-0.25, -0.2) is 0 Å². The lowest BCUT2D eigenvalue weighted by Crippen LogP contribution is -2.08. The molecule has 0 spiro atoms. The Kier molecular flexibility index (Phi) is 4.43. The van der Waals surface area contributed by atoms with Crippen LogP contribution in [0.3, 0.4) is 0 Å². The van der Waals surface area contributed by atoms with Crippen molar-refractivity contribution in [3.05, 3.63) is 39.3 Å². The van der Waals surface area contributed by atoms with E-state index in [1.807, 2.05) is 0 Å². The fourth-order valence-electron chi connectivity index (χ4n) is 1.05. The van der Waals surface area contributed by atoms with Crippen LogP contribution in [-0.2, 0) is 6.18 Å². The maximum absolute atomic E-state index is 12.5.